The monoisotopic (exact) mass is 327 g/mol. The van der Waals surface area contributed by atoms with E-state index in [1.807, 2.05) is 19.1 Å². The van der Waals surface area contributed by atoms with E-state index in [9.17, 15) is 4.79 Å². The van der Waals surface area contributed by atoms with Gasteiger partial charge < -0.3 is 10.1 Å². The quantitative estimate of drug-likeness (QED) is 0.887. The highest BCUT2D eigenvalue weighted by Crippen LogP contribution is 2.59. The zero-order valence-corrected chi connectivity index (χ0v) is 14.9. The zero-order valence-electron chi connectivity index (χ0n) is 14.9. The summed E-state index contributed by atoms with van der Waals surface area (Å²) in [6.07, 6.45) is 8.33. The number of rotatable bonds is 5. The van der Waals surface area contributed by atoms with Crippen molar-refractivity contribution in [2.24, 2.45) is 23.2 Å². The van der Waals surface area contributed by atoms with Crippen molar-refractivity contribution in [2.45, 2.75) is 52.4 Å². The van der Waals surface area contributed by atoms with E-state index in [0.717, 1.165) is 35.6 Å². The minimum atomic E-state index is 0.0200. The van der Waals surface area contributed by atoms with Crippen LogP contribution >= 0.6 is 0 Å². The maximum atomic E-state index is 12.3. The molecule has 3 heteroatoms. The lowest BCUT2D eigenvalue weighted by Gasteiger charge is -2.56. The predicted octanol–water partition coefficient (Wildman–Crippen LogP) is 4.01. The van der Waals surface area contributed by atoms with Crippen LogP contribution in [0.4, 0.5) is 0 Å². The third-order valence-corrected chi connectivity index (χ3v) is 6.74. The minimum Gasteiger partial charge on any atom is -0.483 e. The van der Waals surface area contributed by atoms with Gasteiger partial charge in [0.25, 0.3) is 5.91 Å². The zero-order chi connectivity index (χ0) is 16.7. The molecule has 130 valence electrons. The first-order valence-electron chi connectivity index (χ1n) is 9.49. The van der Waals surface area contributed by atoms with Crippen molar-refractivity contribution < 1.29 is 9.53 Å². The molecule has 4 aliphatic carbocycles. The van der Waals surface area contributed by atoms with Gasteiger partial charge in [0.15, 0.2) is 6.61 Å². The van der Waals surface area contributed by atoms with E-state index in [-0.39, 0.29) is 12.5 Å². The fraction of sp³-hybridized carbons (Fsp3) is 0.667. The highest BCUT2D eigenvalue weighted by Gasteiger charge is 2.50. The van der Waals surface area contributed by atoms with Gasteiger partial charge in [-0.15, -0.1) is 0 Å². The van der Waals surface area contributed by atoms with E-state index in [4.69, 9.17) is 4.74 Å². The standard InChI is InChI=1S/C21H29NO2/c1-14-4-3-5-19(15(14)2)24-12-20(23)22-13-21-9-16-6-17(10-21)8-18(7-16)11-21/h3-5,16-18H,6-13H2,1-2H3,(H,22,23). The first-order valence-corrected chi connectivity index (χ1v) is 9.49. The number of aryl methyl sites for hydroxylation is 1. The van der Waals surface area contributed by atoms with Crippen molar-refractivity contribution in [3.8, 4) is 5.75 Å². The van der Waals surface area contributed by atoms with Crippen molar-refractivity contribution in [2.75, 3.05) is 13.2 Å². The van der Waals surface area contributed by atoms with Crippen LogP contribution in [0, 0.1) is 37.0 Å². The SMILES string of the molecule is Cc1cccc(OCC(=O)NCC23CC4CC(CC(C4)C2)C3)c1C. The van der Waals surface area contributed by atoms with Crippen LogP contribution in [-0.4, -0.2) is 19.1 Å². The molecule has 4 bridgehead atoms. The predicted molar refractivity (Wildman–Crippen MR) is 95.0 cm³/mol. The Morgan fingerprint density at radius 1 is 1.12 bits per heavy atom. The minimum absolute atomic E-state index is 0.0200. The lowest BCUT2D eigenvalue weighted by atomic mass is 9.49. The molecule has 4 aliphatic rings. The summed E-state index contributed by atoms with van der Waals surface area (Å²) in [5.74, 6) is 3.63. The molecule has 0 aromatic heterocycles. The highest BCUT2D eigenvalue weighted by molar-refractivity contribution is 5.77. The van der Waals surface area contributed by atoms with Crippen molar-refractivity contribution in [3.05, 3.63) is 29.3 Å². The summed E-state index contributed by atoms with van der Waals surface area (Å²) < 4.78 is 5.74. The van der Waals surface area contributed by atoms with Crippen LogP contribution in [0.2, 0.25) is 0 Å². The van der Waals surface area contributed by atoms with Gasteiger partial charge in [0.2, 0.25) is 0 Å². The third-order valence-electron chi connectivity index (χ3n) is 6.74. The average molecular weight is 327 g/mol. The van der Waals surface area contributed by atoms with Gasteiger partial charge in [0.05, 0.1) is 0 Å². The number of amides is 1. The van der Waals surface area contributed by atoms with E-state index in [0.29, 0.717) is 5.41 Å². The molecule has 24 heavy (non-hydrogen) atoms. The molecule has 0 heterocycles. The molecule has 1 aromatic rings. The lowest BCUT2D eigenvalue weighted by molar-refractivity contribution is -0.125. The molecule has 3 nitrogen and oxygen atoms in total. The van der Waals surface area contributed by atoms with Crippen LogP contribution < -0.4 is 10.1 Å². The molecule has 0 aliphatic heterocycles. The number of benzene rings is 1. The molecule has 0 unspecified atom stereocenters. The molecule has 0 radical (unpaired) electrons. The van der Waals surface area contributed by atoms with Gasteiger partial charge in [-0.3, -0.25) is 4.79 Å². The summed E-state index contributed by atoms with van der Waals surface area (Å²) in [6, 6.07) is 5.98. The smallest absolute Gasteiger partial charge is 0.257 e. The molecule has 1 aromatic carbocycles. The summed E-state index contributed by atoms with van der Waals surface area (Å²) in [6.45, 7) is 5.08. The number of hydrogen-bond acceptors (Lipinski definition) is 2. The molecule has 0 atom stereocenters. The van der Waals surface area contributed by atoms with Gasteiger partial charge >= 0.3 is 0 Å². The van der Waals surface area contributed by atoms with Gasteiger partial charge in [0, 0.05) is 6.54 Å². The van der Waals surface area contributed by atoms with Crippen LogP contribution in [0.25, 0.3) is 0 Å². The Morgan fingerprint density at radius 3 is 2.38 bits per heavy atom. The van der Waals surface area contributed by atoms with E-state index in [1.54, 1.807) is 0 Å². The Bertz CT molecular complexity index is 601. The molecular weight excluding hydrogens is 298 g/mol. The van der Waals surface area contributed by atoms with E-state index in [2.05, 4.69) is 18.3 Å². The second-order valence-electron chi connectivity index (χ2n) is 8.68. The topological polar surface area (TPSA) is 38.3 Å². The fourth-order valence-electron chi connectivity index (χ4n) is 5.87. The molecule has 1 N–H and O–H groups in total. The van der Waals surface area contributed by atoms with Crippen LogP contribution in [-0.2, 0) is 4.79 Å². The summed E-state index contributed by atoms with van der Waals surface area (Å²) in [4.78, 5) is 12.3. The number of ether oxygens (including phenoxy) is 1. The van der Waals surface area contributed by atoms with Crippen molar-refractivity contribution in [1.29, 1.82) is 0 Å². The highest BCUT2D eigenvalue weighted by atomic mass is 16.5. The van der Waals surface area contributed by atoms with Gasteiger partial charge in [-0.05, 0) is 92.7 Å². The molecule has 1 amide bonds. The maximum Gasteiger partial charge on any atom is 0.257 e. The first kappa shape index (κ1) is 16.0. The Labute approximate surface area is 145 Å². The number of carbonyl (C=O) groups excluding carboxylic acids is 1. The Hall–Kier alpha value is -1.51. The largest absolute Gasteiger partial charge is 0.483 e. The van der Waals surface area contributed by atoms with Gasteiger partial charge in [-0.1, -0.05) is 12.1 Å². The second kappa shape index (κ2) is 6.09. The second-order valence-corrected chi connectivity index (χ2v) is 8.68. The van der Waals surface area contributed by atoms with E-state index < -0.39 is 0 Å². The third kappa shape index (κ3) is 3.05. The van der Waals surface area contributed by atoms with Crippen LogP contribution in [0.1, 0.15) is 49.7 Å². The van der Waals surface area contributed by atoms with E-state index >= 15 is 0 Å². The van der Waals surface area contributed by atoms with Gasteiger partial charge in [-0.2, -0.15) is 0 Å². The van der Waals surface area contributed by atoms with Crippen molar-refractivity contribution >= 4 is 5.91 Å². The Kier molecular flexibility index (Phi) is 4.06. The van der Waals surface area contributed by atoms with Gasteiger partial charge in [0.1, 0.15) is 5.75 Å². The molecule has 5 rings (SSSR count). The Balaban J connectivity index is 1.30. The molecule has 4 saturated carbocycles. The van der Waals surface area contributed by atoms with Crippen molar-refractivity contribution in [1.82, 2.24) is 5.32 Å². The molecule has 4 fully saturated rings. The average Bonchev–Trinajstić information content (AvgIpc) is 2.53. The van der Waals surface area contributed by atoms with Crippen LogP contribution in [0.5, 0.6) is 5.75 Å². The molecular formula is C21H29NO2. The molecule has 0 spiro atoms. The first-order chi connectivity index (χ1) is 11.5. The summed E-state index contributed by atoms with van der Waals surface area (Å²) in [5.41, 5.74) is 2.71. The maximum absolute atomic E-state index is 12.3. The fourth-order valence-corrected chi connectivity index (χ4v) is 5.87. The van der Waals surface area contributed by atoms with Crippen LogP contribution in [0.15, 0.2) is 18.2 Å². The summed E-state index contributed by atoms with van der Waals surface area (Å²) in [5, 5.41) is 3.18. The summed E-state index contributed by atoms with van der Waals surface area (Å²) >= 11 is 0. The van der Waals surface area contributed by atoms with Crippen LogP contribution in [0.3, 0.4) is 0 Å². The molecule has 0 saturated heterocycles. The number of carbonyl (C=O) groups is 1. The lowest BCUT2D eigenvalue weighted by Crippen LogP contribution is -2.51. The van der Waals surface area contributed by atoms with Gasteiger partial charge in [-0.25, -0.2) is 0 Å². The van der Waals surface area contributed by atoms with E-state index in [1.165, 1.54) is 44.1 Å². The Morgan fingerprint density at radius 2 is 1.75 bits per heavy atom. The van der Waals surface area contributed by atoms with Crippen molar-refractivity contribution in [3.63, 3.8) is 0 Å². The number of nitrogens with one attached hydrogen (secondary N) is 1. The number of hydrogen-bond donors (Lipinski definition) is 1. The summed E-state index contributed by atoms with van der Waals surface area (Å²) in [7, 11) is 0. The normalized spacial score (nSPS) is 33.5.